The SMILES string of the molecule is O=C(NC1CCCCC1)C(=O)c1c(-c2ccccc2)cc2ccccn12. The molecular formula is C22H22N2O2. The fraction of sp³-hybridized carbons (Fsp3) is 0.273. The van der Waals surface area contributed by atoms with Gasteiger partial charge >= 0.3 is 0 Å². The van der Waals surface area contributed by atoms with Gasteiger partial charge in [0.25, 0.3) is 11.7 Å². The lowest BCUT2D eigenvalue weighted by Crippen LogP contribution is -2.40. The molecule has 0 radical (unpaired) electrons. The molecule has 0 unspecified atom stereocenters. The van der Waals surface area contributed by atoms with Crippen LogP contribution < -0.4 is 5.32 Å². The van der Waals surface area contributed by atoms with Gasteiger partial charge in [-0.25, -0.2) is 0 Å². The standard InChI is InChI=1S/C22H22N2O2/c25-21(22(26)23-17-11-5-2-6-12-17)20-19(16-9-3-1-4-10-16)15-18-13-7-8-14-24(18)20/h1,3-4,7-10,13-15,17H,2,5-6,11-12H2,(H,23,26). The van der Waals surface area contributed by atoms with Crippen molar-refractivity contribution in [3.63, 3.8) is 0 Å². The summed E-state index contributed by atoms with van der Waals surface area (Å²) < 4.78 is 1.81. The van der Waals surface area contributed by atoms with Gasteiger partial charge in [0.2, 0.25) is 0 Å². The molecule has 1 aliphatic rings. The molecule has 2 heterocycles. The topological polar surface area (TPSA) is 50.6 Å². The van der Waals surface area contributed by atoms with Crippen LogP contribution in [0.15, 0.2) is 60.8 Å². The van der Waals surface area contributed by atoms with E-state index in [1.54, 1.807) is 0 Å². The van der Waals surface area contributed by atoms with Gasteiger partial charge in [-0.1, -0.05) is 55.7 Å². The third-order valence-corrected chi connectivity index (χ3v) is 5.13. The number of amides is 1. The second-order valence-corrected chi connectivity index (χ2v) is 6.91. The Labute approximate surface area is 152 Å². The summed E-state index contributed by atoms with van der Waals surface area (Å²) >= 11 is 0. The Morgan fingerprint density at radius 1 is 0.923 bits per heavy atom. The van der Waals surface area contributed by atoms with Crippen molar-refractivity contribution in [3.05, 3.63) is 66.5 Å². The summed E-state index contributed by atoms with van der Waals surface area (Å²) in [6.45, 7) is 0. The Kier molecular flexibility index (Phi) is 4.57. The molecule has 0 saturated heterocycles. The fourth-order valence-corrected chi connectivity index (χ4v) is 3.80. The highest BCUT2D eigenvalue weighted by Gasteiger charge is 2.26. The van der Waals surface area contributed by atoms with Gasteiger partial charge in [0.1, 0.15) is 5.69 Å². The molecule has 1 N–H and O–H groups in total. The molecule has 1 amide bonds. The van der Waals surface area contributed by atoms with Gasteiger partial charge in [-0.3, -0.25) is 9.59 Å². The first-order valence-corrected chi connectivity index (χ1v) is 9.25. The fourth-order valence-electron chi connectivity index (χ4n) is 3.80. The Morgan fingerprint density at radius 3 is 2.42 bits per heavy atom. The average molecular weight is 346 g/mol. The van der Waals surface area contributed by atoms with Crippen LogP contribution >= 0.6 is 0 Å². The van der Waals surface area contributed by atoms with E-state index < -0.39 is 11.7 Å². The summed E-state index contributed by atoms with van der Waals surface area (Å²) in [6.07, 6.45) is 7.19. The van der Waals surface area contributed by atoms with Gasteiger partial charge < -0.3 is 9.72 Å². The number of Topliss-reactive ketones (excluding diaryl/α,β-unsaturated/α-hetero) is 1. The first-order valence-electron chi connectivity index (χ1n) is 9.25. The molecule has 1 fully saturated rings. The van der Waals surface area contributed by atoms with Crippen LogP contribution in [0.2, 0.25) is 0 Å². The Hall–Kier alpha value is -2.88. The average Bonchev–Trinajstić information content (AvgIpc) is 3.08. The van der Waals surface area contributed by atoms with Crippen LogP contribution in [0.5, 0.6) is 0 Å². The van der Waals surface area contributed by atoms with Gasteiger partial charge in [0.15, 0.2) is 0 Å². The van der Waals surface area contributed by atoms with Gasteiger partial charge in [-0.05, 0) is 36.6 Å². The van der Waals surface area contributed by atoms with Crippen LogP contribution in [0.25, 0.3) is 16.6 Å². The molecule has 1 aliphatic carbocycles. The van der Waals surface area contributed by atoms with Crippen molar-refractivity contribution in [2.45, 2.75) is 38.1 Å². The Bertz CT molecular complexity index is 937. The van der Waals surface area contributed by atoms with Gasteiger partial charge in [-0.15, -0.1) is 0 Å². The zero-order valence-electron chi connectivity index (χ0n) is 14.7. The number of pyridine rings is 1. The lowest BCUT2D eigenvalue weighted by molar-refractivity contribution is -0.117. The molecule has 3 aromatic rings. The van der Waals surface area contributed by atoms with E-state index in [-0.39, 0.29) is 6.04 Å². The van der Waals surface area contributed by atoms with Crippen LogP contribution in [0.3, 0.4) is 0 Å². The van der Waals surface area contributed by atoms with E-state index in [9.17, 15) is 9.59 Å². The van der Waals surface area contributed by atoms with Crippen LogP contribution in [-0.4, -0.2) is 22.1 Å². The molecule has 1 aromatic carbocycles. The van der Waals surface area contributed by atoms with Crippen LogP contribution in [-0.2, 0) is 4.79 Å². The van der Waals surface area contributed by atoms with Crippen LogP contribution in [0.4, 0.5) is 0 Å². The molecule has 0 aliphatic heterocycles. The van der Waals surface area contributed by atoms with Crippen molar-refractivity contribution < 1.29 is 9.59 Å². The van der Waals surface area contributed by atoms with Gasteiger partial charge in [0.05, 0.1) is 0 Å². The third-order valence-electron chi connectivity index (χ3n) is 5.13. The monoisotopic (exact) mass is 346 g/mol. The van der Waals surface area contributed by atoms with Crippen molar-refractivity contribution in [2.24, 2.45) is 0 Å². The van der Waals surface area contributed by atoms with Crippen molar-refractivity contribution >= 4 is 17.2 Å². The largest absolute Gasteiger partial charge is 0.346 e. The maximum Gasteiger partial charge on any atom is 0.294 e. The maximum absolute atomic E-state index is 13.1. The van der Waals surface area contributed by atoms with E-state index in [0.29, 0.717) is 5.69 Å². The zero-order valence-corrected chi connectivity index (χ0v) is 14.7. The van der Waals surface area contributed by atoms with E-state index in [1.165, 1.54) is 6.42 Å². The summed E-state index contributed by atoms with van der Waals surface area (Å²) in [5.41, 5.74) is 3.06. The van der Waals surface area contributed by atoms with E-state index >= 15 is 0 Å². The number of hydrogen-bond acceptors (Lipinski definition) is 2. The number of nitrogens with one attached hydrogen (secondary N) is 1. The zero-order chi connectivity index (χ0) is 17.9. The second-order valence-electron chi connectivity index (χ2n) is 6.91. The number of ketones is 1. The van der Waals surface area contributed by atoms with E-state index in [0.717, 1.165) is 42.3 Å². The Morgan fingerprint density at radius 2 is 1.65 bits per heavy atom. The minimum Gasteiger partial charge on any atom is -0.346 e. The molecule has 4 heteroatoms. The van der Waals surface area contributed by atoms with E-state index in [2.05, 4.69) is 5.32 Å². The highest BCUT2D eigenvalue weighted by molar-refractivity contribution is 6.43. The summed E-state index contributed by atoms with van der Waals surface area (Å²) in [6, 6.07) is 17.6. The summed E-state index contributed by atoms with van der Waals surface area (Å²) in [5.74, 6) is -0.974. The molecule has 26 heavy (non-hydrogen) atoms. The number of fused-ring (bicyclic) bond motifs is 1. The summed E-state index contributed by atoms with van der Waals surface area (Å²) in [7, 11) is 0. The minimum absolute atomic E-state index is 0.117. The van der Waals surface area contributed by atoms with Crippen LogP contribution in [0.1, 0.15) is 42.6 Å². The number of carbonyl (C=O) groups excluding carboxylic acids is 2. The van der Waals surface area contributed by atoms with E-state index in [1.807, 2.05) is 65.2 Å². The third kappa shape index (κ3) is 3.15. The smallest absolute Gasteiger partial charge is 0.294 e. The number of nitrogens with zero attached hydrogens (tertiary/aromatic N) is 1. The molecule has 0 bridgehead atoms. The quantitative estimate of drug-likeness (QED) is 0.567. The summed E-state index contributed by atoms with van der Waals surface area (Å²) in [5, 5.41) is 2.95. The molecule has 1 saturated carbocycles. The van der Waals surface area contributed by atoms with Crippen molar-refractivity contribution in [1.29, 1.82) is 0 Å². The van der Waals surface area contributed by atoms with E-state index in [4.69, 9.17) is 0 Å². The predicted molar refractivity (Wildman–Crippen MR) is 102 cm³/mol. The maximum atomic E-state index is 13.1. The lowest BCUT2D eigenvalue weighted by Gasteiger charge is -2.22. The van der Waals surface area contributed by atoms with Crippen LogP contribution in [0, 0.1) is 0 Å². The first kappa shape index (κ1) is 16.6. The number of carbonyl (C=O) groups is 2. The number of aromatic nitrogens is 1. The second kappa shape index (κ2) is 7.16. The molecule has 132 valence electrons. The molecular weight excluding hydrogens is 324 g/mol. The number of benzene rings is 1. The highest BCUT2D eigenvalue weighted by Crippen LogP contribution is 2.28. The predicted octanol–water partition coefficient (Wildman–Crippen LogP) is 4.24. The lowest BCUT2D eigenvalue weighted by atomic mass is 9.95. The molecule has 4 nitrogen and oxygen atoms in total. The van der Waals surface area contributed by atoms with Crippen molar-refractivity contribution in [1.82, 2.24) is 9.72 Å². The molecule has 2 aromatic heterocycles. The normalized spacial score (nSPS) is 15.1. The summed E-state index contributed by atoms with van der Waals surface area (Å²) in [4.78, 5) is 25.7. The van der Waals surface area contributed by atoms with Crippen molar-refractivity contribution in [3.8, 4) is 11.1 Å². The molecule has 0 spiro atoms. The highest BCUT2D eigenvalue weighted by atomic mass is 16.2. The molecule has 4 rings (SSSR count). The first-order chi connectivity index (χ1) is 12.7. The van der Waals surface area contributed by atoms with Gasteiger partial charge in [0, 0.05) is 23.3 Å². The van der Waals surface area contributed by atoms with Crippen molar-refractivity contribution in [2.75, 3.05) is 0 Å². The number of rotatable bonds is 4. The van der Waals surface area contributed by atoms with Gasteiger partial charge in [-0.2, -0.15) is 0 Å². The number of hydrogen-bond donors (Lipinski definition) is 1. The minimum atomic E-state index is -0.502. The Balaban J connectivity index is 1.72. The molecule has 0 atom stereocenters.